The van der Waals surface area contributed by atoms with Crippen molar-refractivity contribution < 1.29 is 14.3 Å². The normalized spacial score (nSPS) is 13.6. The number of imide groups is 1. The molecule has 0 saturated carbocycles. The largest absolute Gasteiger partial charge is 0.497 e. The minimum absolute atomic E-state index is 0.338. The molecule has 2 aromatic heterocycles. The number of nitrogens with one attached hydrogen (secondary N) is 2. The van der Waals surface area contributed by atoms with Crippen molar-refractivity contribution in [3.05, 3.63) is 53.7 Å². The molecular weight excluding hydrogens is 454 g/mol. The Morgan fingerprint density at radius 1 is 0.944 bits per heavy atom. The average molecular weight is 484 g/mol. The van der Waals surface area contributed by atoms with Crippen LogP contribution in [0.2, 0.25) is 0 Å². The number of hydrogen-bond acceptors (Lipinski definition) is 5. The lowest BCUT2D eigenvalue weighted by atomic mass is 9.93. The highest BCUT2D eigenvalue weighted by molar-refractivity contribution is 6.39. The third kappa shape index (κ3) is 3.22. The summed E-state index contributed by atoms with van der Waals surface area (Å²) in [5.74, 6) is 0.0703. The number of nitrogens with zero attached hydrogens (tertiary/aromatic N) is 3. The summed E-state index contributed by atoms with van der Waals surface area (Å²) in [5.41, 5.74) is 3.83. The van der Waals surface area contributed by atoms with Gasteiger partial charge in [0.25, 0.3) is 11.8 Å². The van der Waals surface area contributed by atoms with Crippen molar-refractivity contribution in [2.75, 3.05) is 40.8 Å². The molecule has 8 nitrogen and oxygen atoms in total. The Bertz CT molecular complexity index is 1710. The molecule has 3 aromatic carbocycles. The van der Waals surface area contributed by atoms with Gasteiger partial charge in [0, 0.05) is 72.4 Å². The second-order valence-corrected chi connectivity index (χ2v) is 9.70. The van der Waals surface area contributed by atoms with Crippen LogP contribution in [0.15, 0.2) is 42.6 Å². The first kappa shape index (κ1) is 22.6. The number of carbonyl (C=O) groups is 2. The van der Waals surface area contributed by atoms with Gasteiger partial charge in [-0.1, -0.05) is 12.1 Å². The lowest BCUT2D eigenvalue weighted by molar-refractivity contribution is 0.0880. The molecule has 0 aliphatic carbocycles. The molecule has 0 atom stereocenters. The fraction of sp³-hybridized carbons (Fsp3) is 0.286. The lowest BCUT2D eigenvalue weighted by Gasteiger charge is -2.14. The quantitative estimate of drug-likeness (QED) is 0.274. The summed E-state index contributed by atoms with van der Waals surface area (Å²) in [6, 6.07) is 12.1. The molecule has 0 fully saturated rings. The number of methoxy groups -OCH3 is 1. The molecule has 2 amide bonds. The fourth-order valence-electron chi connectivity index (χ4n) is 5.61. The molecule has 1 aliphatic rings. The number of aromatic nitrogens is 2. The first-order valence-electron chi connectivity index (χ1n) is 12.2. The van der Waals surface area contributed by atoms with Crippen molar-refractivity contribution >= 4 is 55.3 Å². The van der Waals surface area contributed by atoms with Gasteiger partial charge in [0.1, 0.15) is 5.75 Å². The van der Waals surface area contributed by atoms with E-state index in [4.69, 9.17) is 4.74 Å². The summed E-state index contributed by atoms with van der Waals surface area (Å²) in [7, 11) is 7.75. The van der Waals surface area contributed by atoms with Crippen molar-refractivity contribution in [2.45, 2.75) is 6.54 Å². The Hall–Kier alpha value is -3.88. The van der Waals surface area contributed by atoms with E-state index in [0.29, 0.717) is 17.7 Å². The molecule has 0 bridgehead atoms. The third-order valence-electron chi connectivity index (χ3n) is 7.25. The van der Waals surface area contributed by atoms with Gasteiger partial charge >= 0.3 is 0 Å². The average Bonchev–Trinajstić information content (AvgIpc) is 3.49. The first-order chi connectivity index (χ1) is 17.4. The van der Waals surface area contributed by atoms with Crippen LogP contribution in [0.1, 0.15) is 20.7 Å². The molecule has 8 heteroatoms. The molecule has 3 heterocycles. The van der Waals surface area contributed by atoms with Crippen LogP contribution in [0.4, 0.5) is 0 Å². The number of ether oxygens (including phenoxy) is 1. The van der Waals surface area contributed by atoms with E-state index in [1.807, 2.05) is 42.1 Å². The number of carbonyl (C=O) groups excluding carboxylic acids is 2. The smallest absolute Gasteiger partial charge is 0.259 e. The summed E-state index contributed by atoms with van der Waals surface area (Å²) in [6.07, 6.45) is 1.99. The minimum atomic E-state index is -0.341. The number of benzene rings is 3. The molecule has 1 aliphatic heterocycles. The Morgan fingerprint density at radius 3 is 2.39 bits per heavy atom. The highest BCUT2D eigenvalue weighted by Crippen LogP contribution is 2.44. The summed E-state index contributed by atoms with van der Waals surface area (Å²) in [5, 5.41) is 10.7. The Kier molecular flexibility index (Phi) is 5.24. The van der Waals surface area contributed by atoms with Crippen LogP contribution in [0.5, 0.6) is 5.75 Å². The van der Waals surface area contributed by atoms with Crippen LogP contribution in [0.3, 0.4) is 0 Å². The number of fused-ring (bicyclic) bond motifs is 10. The summed E-state index contributed by atoms with van der Waals surface area (Å²) < 4.78 is 9.85. The number of hydrogen-bond donors (Lipinski definition) is 2. The molecule has 184 valence electrons. The fourth-order valence-corrected chi connectivity index (χ4v) is 5.61. The van der Waals surface area contributed by atoms with Gasteiger partial charge in [0.05, 0.1) is 34.8 Å². The first-order valence-corrected chi connectivity index (χ1v) is 12.2. The van der Waals surface area contributed by atoms with Crippen LogP contribution < -0.4 is 15.4 Å². The van der Waals surface area contributed by atoms with Gasteiger partial charge in [-0.15, -0.1) is 0 Å². The molecule has 0 saturated heterocycles. The highest BCUT2D eigenvalue weighted by atomic mass is 16.5. The van der Waals surface area contributed by atoms with Crippen LogP contribution in [0.25, 0.3) is 43.5 Å². The van der Waals surface area contributed by atoms with E-state index in [1.165, 1.54) is 0 Å². The van der Waals surface area contributed by atoms with Crippen molar-refractivity contribution in [1.29, 1.82) is 0 Å². The monoisotopic (exact) mass is 483 g/mol. The number of aryl methyl sites for hydroxylation is 1. The topological polar surface area (TPSA) is 80.5 Å². The van der Waals surface area contributed by atoms with E-state index in [-0.39, 0.29) is 11.8 Å². The maximum Gasteiger partial charge on any atom is 0.259 e. The van der Waals surface area contributed by atoms with Gasteiger partial charge in [-0.3, -0.25) is 14.9 Å². The van der Waals surface area contributed by atoms with Gasteiger partial charge in [0.15, 0.2) is 0 Å². The maximum atomic E-state index is 13.2. The van der Waals surface area contributed by atoms with E-state index in [1.54, 1.807) is 7.11 Å². The van der Waals surface area contributed by atoms with Crippen molar-refractivity contribution in [3.63, 3.8) is 0 Å². The summed E-state index contributed by atoms with van der Waals surface area (Å²) in [6.45, 7) is 3.30. The number of rotatable bonds is 7. The third-order valence-corrected chi connectivity index (χ3v) is 7.25. The lowest BCUT2D eigenvalue weighted by Crippen LogP contribution is -2.28. The number of likely N-dealkylation sites (N-methyl/N-ethyl adjacent to an activating group) is 1. The van der Waals surface area contributed by atoms with Crippen molar-refractivity contribution in [3.8, 4) is 5.75 Å². The van der Waals surface area contributed by atoms with E-state index in [9.17, 15) is 9.59 Å². The van der Waals surface area contributed by atoms with Crippen molar-refractivity contribution in [1.82, 2.24) is 24.7 Å². The molecule has 5 aromatic rings. The standard InChI is InChI=1S/C28H29N5O3/c1-31(2)13-10-29-11-14-33-20-15-17(36-4)6-8-18(20)21-23-24(28(35)30-27(23)34)22-19(26(21)33)7-5-16-9-12-32(3)25(16)22/h5-9,12,15,29H,10-11,13-14H2,1-4H3,(H,30,34,35). The molecule has 0 radical (unpaired) electrons. The zero-order valence-corrected chi connectivity index (χ0v) is 20.9. The van der Waals surface area contributed by atoms with E-state index in [0.717, 1.165) is 68.9 Å². The summed E-state index contributed by atoms with van der Waals surface area (Å²) >= 11 is 0. The molecule has 6 rings (SSSR count). The molecule has 2 N–H and O–H groups in total. The Balaban J connectivity index is 1.71. The second-order valence-electron chi connectivity index (χ2n) is 9.70. The minimum Gasteiger partial charge on any atom is -0.497 e. The molecular formula is C28H29N5O3. The highest BCUT2D eigenvalue weighted by Gasteiger charge is 2.35. The zero-order valence-electron chi connectivity index (χ0n) is 20.9. The van der Waals surface area contributed by atoms with Crippen LogP contribution in [-0.4, -0.2) is 66.7 Å². The molecule has 36 heavy (non-hydrogen) atoms. The predicted molar refractivity (Wildman–Crippen MR) is 143 cm³/mol. The molecule has 0 spiro atoms. The van der Waals surface area contributed by atoms with Gasteiger partial charge in [0.2, 0.25) is 0 Å². The Morgan fingerprint density at radius 2 is 1.67 bits per heavy atom. The van der Waals surface area contributed by atoms with Crippen LogP contribution in [-0.2, 0) is 13.6 Å². The predicted octanol–water partition coefficient (Wildman–Crippen LogP) is 3.48. The maximum absolute atomic E-state index is 13.2. The summed E-state index contributed by atoms with van der Waals surface area (Å²) in [4.78, 5) is 28.6. The van der Waals surface area contributed by atoms with E-state index >= 15 is 0 Å². The van der Waals surface area contributed by atoms with Crippen LogP contribution in [0, 0.1) is 0 Å². The molecule has 0 unspecified atom stereocenters. The van der Waals surface area contributed by atoms with Gasteiger partial charge in [-0.05, 0) is 32.3 Å². The van der Waals surface area contributed by atoms with Crippen LogP contribution >= 0.6 is 0 Å². The SMILES string of the molecule is COc1ccc2c3c4c(c5c(ccc6ccn(C)c65)c3n(CCNCCN(C)C)c2c1)C(=O)NC4=O. The van der Waals surface area contributed by atoms with Gasteiger partial charge < -0.3 is 24.1 Å². The second kappa shape index (κ2) is 8.36. The Labute approximate surface area is 208 Å². The number of amides is 2. The van der Waals surface area contributed by atoms with Gasteiger partial charge in [-0.25, -0.2) is 0 Å². The van der Waals surface area contributed by atoms with E-state index in [2.05, 4.69) is 46.3 Å². The zero-order chi connectivity index (χ0) is 25.1. The van der Waals surface area contributed by atoms with Gasteiger partial charge in [-0.2, -0.15) is 0 Å². The van der Waals surface area contributed by atoms with E-state index < -0.39 is 0 Å². The van der Waals surface area contributed by atoms with Crippen molar-refractivity contribution in [2.24, 2.45) is 7.05 Å².